The summed E-state index contributed by atoms with van der Waals surface area (Å²) in [5, 5.41) is -0.207. The maximum absolute atomic E-state index is 10.6. The summed E-state index contributed by atoms with van der Waals surface area (Å²) in [4.78, 5) is 10.6. The van der Waals surface area contributed by atoms with Gasteiger partial charge in [-0.3, -0.25) is 4.79 Å². The number of hydrogen-bond donors (Lipinski definition) is 1. The quantitative estimate of drug-likeness (QED) is 0.715. The topological polar surface area (TPSA) is 17.1 Å². The van der Waals surface area contributed by atoms with Gasteiger partial charge in [-0.15, -0.1) is 12.6 Å². The Morgan fingerprint density at radius 2 is 2.20 bits per heavy atom. The van der Waals surface area contributed by atoms with Gasteiger partial charge in [-0.25, -0.2) is 0 Å². The Hall–Kier alpha value is -0.280. The summed E-state index contributed by atoms with van der Waals surface area (Å²) >= 11 is 6.92. The molecule has 0 bridgehead atoms. The fourth-order valence-corrected chi connectivity index (χ4v) is 1.16. The molecule has 10 heavy (non-hydrogen) atoms. The molecule has 0 aliphatic rings. The number of carbonyl (C=O) groups is 1. The molecule has 0 aromatic heterocycles. The van der Waals surface area contributed by atoms with E-state index < -0.39 is 0 Å². The molecule has 0 saturated carbocycles. The Balaban J connectivity index is 3.07. The van der Waals surface area contributed by atoms with Crippen molar-refractivity contribution >= 4 is 33.7 Å². The zero-order valence-electron chi connectivity index (χ0n) is 5.04. The van der Waals surface area contributed by atoms with Gasteiger partial charge in [0, 0.05) is 10.0 Å². The van der Waals surface area contributed by atoms with Gasteiger partial charge in [0.05, 0.1) is 0 Å². The third-order valence-electron chi connectivity index (χ3n) is 1.07. The van der Waals surface area contributed by atoms with Crippen LogP contribution >= 0.6 is 28.6 Å². The van der Waals surface area contributed by atoms with Crippen molar-refractivity contribution in [2.24, 2.45) is 0 Å². The van der Waals surface area contributed by atoms with E-state index in [-0.39, 0.29) is 5.12 Å². The number of halogens is 1. The summed E-state index contributed by atoms with van der Waals surface area (Å²) < 4.78 is 0.896. The van der Waals surface area contributed by atoms with Crippen molar-refractivity contribution in [2.75, 3.05) is 0 Å². The lowest BCUT2D eigenvalue weighted by Gasteiger charge is -1.92. The van der Waals surface area contributed by atoms with E-state index in [9.17, 15) is 4.79 Å². The van der Waals surface area contributed by atoms with Crippen LogP contribution in [0.25, 0.3) is 0 Å². The van der Waals surface area contributed by atoms with Crippen molar-refractivity contribution in [3.05, 3.63) is 34.3 Å². The van der Waals surface area contributed by atoms with Crippen LogP contribution in [0.1, 0.15) is 10.4 Å². The molecule has 52 valence electrons. The van der Waals surface area contributed by atoms with E-state index in [4.69, 9.17) is 0 Å². The largest absolute Gasteiger partial charge is 0.282 e. The second-order valence-electron chi connectivity index (χ2n) is 1.82. The minimum Gasteiger partial charge on any atom is -0.282 e. The van der Waals surface area contributed by atoms with Gasteiger partial charge in [-0.05, 0) is 12.1 Å². The van der Waals surface area contributed by atoms with Gasteiger partial charge in [-0.1, -0.05) is 28.1 Å². The van der Waals surface area contributed by atoms with Crippen LogP contribution in [-0.2, 0) is 0 Å². The molecule has 0 unspecified atom stereocenters. The first-order valence-corrected chi connectivity index (χ1v) is 3.93. The van der Waals surface area contributed by atoms with Gasteiger partial charge in [0.1, 0.15) is 0 Å². The molecule has 1 nitrogen and oxygen atoms in total. The molecular formula is C7H5BrOS. The number of carbonyl (C=O) groups excluding carboxylic acids is 1. The number of thiol groups is 1. The molecule has 0 saturated heterocycles. The maximum Gasteiger partial charge on any atom is 0.216 e. The summed E-state index contributed by atoms with van der Waals surface area (Å²) in [6.45, 7) is 0. The summed E-state index contributed by atoms with van der Waals surface area (Å²) in [5.74, 6) is 0. The van der Waals surface area contributed by atoms with E-state index in [0.717, 1.165) is 4.47 Å². The number of rotatable bonds is 1. The Morgan fingerprint density at radius 3 is 2.60 bits per heavy atom. The Labute approximate surface area is 73.0 Å². The lowest BCUT2D eigenvalue weighted by atomic mass is 10.2. The van der Waals surface area contributed by atoms with E-state index in [1.165, 1.54) is 0 Å². The molecule has 1 aromatic rings. The average molecular weight is 217 g/mol. The van der Waals surface area contributed by atoms with E-state index in [1.54, 1.807) is 18.2 Å². The van der Waals surface area contributed by atoms with Crippen molar-refractivity contribution in [1.29, 1.82) is 0 Å². The molecule has 1 rings (SSSR count). The zero-order chi connectivity index (χ0) is 7.56. The van der Waals surface area contributed by atoms with Gasteiger partial charge >= 0.3 is 0 Å². The molecule has 0 atom stereocenters. The number of hydrogen-bond acceptors (Lipinski definition) is 1. The van der Waals surface area contributed by atoms with E-state index in [0.29, 0.717) is 5.56 Å². The normalized spacial score (nSPS) is 9.40. The van der Waals surface area contributed by atoms with Crippen molar-refractivity contribution in [3.63, 3.8) is 0 Å². The van der Waals surface area contributed by atoms with Crippen LogP contribution in [0.4, 0.5) is 0 Å². The lowest BCUT2D eigenvalue weighted by Crippen LogP contribution is -1.86. The summed E-state index contributed by atoms with van der Waals surface area (Å²) in [6.07, 6.45) is 0. The first-order valence-electron chi connectivity index (χ1n) is 2.69. The summed E-state index contributed by atoms with van der Waals surface area (Å²) in [6, 6.07) is 7.11. The standard InChI is InChI=1S/C7H5BrOS/c8-6-3-1-2-5(4-6)7(9)10/h1-4H,(H,9,10). The molecule has 0 aliphatic heterocycles. The van der Waals surface area contributed by atoms with Crippen LogP contribution in [0.15, 0.2) is 28.7 Å². The molecule has 3 heteroatoms. The van der Waals surface area contributed by atoms with Gasteiger partial charge in [0.15, 0.2) is 0 Å². The average Bonchev–Trinajstić information content (AvgIpc) is 1.88. The molecule has 1 aromatic carbocycles. The Kier molecular flexibility index (Phi) is 2.51. The van der Waals surface area contributed by atoms with Crippen molar-refractivity contribution in [2.45, 2.75) is 0 Å². The second-order valence-corrected chi connectivity index (χ2v) is 3.14. The third kappa shape index (κ3) is 1.85. The van der Waals surface area contributed by atoms with Gasteiger partial charge in [0.25, 0.3) is 0 Å². The van der Waals surface area contributed by atoms with E-state index in [2.05, 4.69) is 28.6 Å². The molecule has 0 radical (unpaired) electrons. The van der Waals surface area contributed by atoms with Crippen LogP contribution in [0.2, 0.25) is 0 Å². The smallest absolute Gasteiger partial charge is 0.216 e. The first-order chi connectivity index (χ1) is 4.70. The predicted molar refractivity (Wildman–Crippen MR) is 47.5 cm³/mol. The van der Waals surface area contributed by atoms with Crippen molar-refractivity contribution < 1.29 is 4.79 Å². The SMILES string of the molecule is O=C(S)c1cccc(Br)c1. The number of benzene rings is 1. The molecule has 0 heterocycles. The second kappa shape index (κ2) is 3.21. The lowest BCUT2D eigenvalue weighted by molar-refractivity contribution is 0.109. The minimum absolute atomic E-state index is 0.207. The van der Waals surface area contributed by atoms with Crippen LogP contribution in [0.5, 0.6) is 0 Å². The Bertz CT molecular complexity index is 260. The van der Waals surface area contributed by atoms with Crippen LogP contribution in [0.3, 0.4) is 0 Å². The van der Waals surface area contributed by atoms with Crippen LogP contribution in [0, 0.1) is 0 Å². The zero-order valence-corrected chi connectivity index (χ0v) is 7.52. The Morgan fingerprint density at radius 1 is 1.50 bits per heavy atom. The third-order valence-corrected chi connectivity index (χ3v) is 1.82. The molecular weight excluding hydrogens is 212 g/mol. The van der Waals surface area contributed by atoms with Crippen LogP contribution in [-0.4, -0.2) is 5.12 Å². The maximum atomic E-state index is 10.6. The van der Waals surface area contributed by atoms with Crippen LogP contribution < -0.4 is 0 Å². The van der Waals surface area contributed by atoms with E-state index in [1.807, 2.05) is 6.07 Å². The van der Waals surface area contributed by atoms with Crippen molar-refractivity contribution in [3.8, 4) is 0 Å². The van der Waals surface area contributed by atoms with Crippen molar-refractivity contribution in [1.82, 2.24) is 0 Å². The van der Waals surface area contributed by atoms with E-state index >= 15 is 0 Å². The fourth-order valence-electron chi connectivity index (χ4n) is 0.622. The highest BCUT2D eigenvalue weighted by atomic mass is 79.9. The highest BCUT2D eigenvalue weighted by Crippen LogP contribution is 2.12. The van der Waals surface area contributed by atoms with Gasteiger partial charge < -0.3 is 0 Å². The molecule has 0 N–H and O–H groups in total. The minimum atomic E-state index is -0.207. The monoisotopic (exact) mass is 216 g/mol. The van der Waals surface area contributed by atoms with Gasteiger partial charge in [-0.2, -0.15) is 0 Å². The fraction of sp³-hybridized carbons (Fsp3) is 0. The van der Waals surface area contributed by atoms with Gasteiger partial charge in [0.2, 0.25) is 5.12 Å². The first kappa shape index (κ1) is 7.82. The highest BCUT2D eigenvalue weighted by Gasteiger charge is 1.97. The molecule has 0 amide bonds. The molecule has 0 fully saturated rings. The molecule has 0 aliphatic carbocycles. The summed E-state index contributed by atoms with van der Waals surface area (Å²) in [5.41, 5.74) is 0.609. The highest BCUT2D eigenvalue weighted by molar-refractivity contribution is 9.10. The predicted octanol–water partition coefficient (Wildman–Crippen LogP) is 2.52. The molecule has 0 spiro atoms. The summed E-state index contributed by atoms with van der Waals surface area (Å²) in [7, 11) is 0.